The van der Waals surface area contributed by atoms with E-state index in [2.05, 4.69) is 15.3 Å². The highest BCUT2D eigenvalue weighted by molar-refractivity contribution is 7.98. The van der Waals surface area contributed by atoms with Crippen molar-refractivity contribution in [3.8, 4) is 23.0 Å². The highest BCUT2D eigenvalue weighted by atomic mass is 32.2. The van der Waals surface area contributed by atoms with E-state index in [1.54, 1.807) is 42.1 Å². The van der Waals surface area contributed by atoms with Crippen LogP contribution in [0.5, 0.6) is 23.0 Å². The van der Waals surface area contributed by atoms with E-state index in [0.717, 1.165) is 6.42 Å². The summed E-state index contributed by atoms with van der Waals surface area (Å²) in [6.45, 7) is 1.65. The summed E-state index contributed by atoms with van der Waals surface area (Å²) in [6.07, 6.45) is 0.812. The number of nitrogens with zero attached hydrogens (tertiary/aromatic N) is 1. The Labute approximate surface area is 194 Å². The summed E-state index contributed by atoms with van der Waals surface area (Å²) >= 11 is 1.56. The molecule has 9 nitrogen and oxygen atoms in total. The number of hydrogen-bond donors (Lipinski definition) is 2. The molecule has 1 aliphatic heterocycles. The molecule has 0 bridgehead atoms. The van der Waals surface area contributed by atoms with Gasteiger partial charge in [-0.1, -0.05) is 0 Å². The molecule has 10 heteroatoms. The first-order chi connectivity index (χ1) is 16.1. The van der Waals surface area contributed by atoms with Gasteiger partial charge in [0.1, 0.15) is 5.82 Å². The Morgan fingerprint density at radius 3 is 2.67 bits per heavy atom. The molecule has 1 amide bonds. The minimum Gasteiger partial charge on any atom is -0.493 e. The first kappa shape index (κ1) is 22.8. The SMILES string of the molecule is COc1cc2nc(CSCCNC(=O)c3ccc4c(c3)OCCCO4)[nH]c(=O)c2cc1OC. The van der Waals surface area contributed by atoms with Gasteiger partial charge in [-0.3, -0.25) is 9.59 Å². The van der Waals surface area contributed by atoms with E-state index in [1.165, 1.54) is 14.2 Å². The van der Waals surface area contributed by atoms with Gasteiger partial charge in [-0.05, 0) is 24.3 Å². The number of H-pyrrole nitrogens is 1. The normalized spacial score (nSPS) is 12.8. The van der Waals surface area contributed by atoms with Crippen LogP contribution in [0.15, 0.2) is 35.1 Å². The number of aromatic amines is 1. The van der Waals surface area contributed by atoms with Gasteiger partial charge in [-0.25, -0.2) is 4.98 Å². The third-order valence-electron chi connectivity index (χ3n) is 5.04. The summed E-state index contributed by atoms with van der Waals surface area (Å²) in [5, 5.41) is 3.33. The van der Waals surface area contributed by atoms with Crippen molar-refractivity contribution in [2.45, 2.75) is 12.2 Å². The lowest BCUT2D eigenvalue weighted by atomic mass is 10.2. The zero-order valence-electron chi connectivity index (χ0n) is 18.4. The Morgan fingerprint density at radius 2 is 1.88 bits per heavy atom. The molecular formula is C23H25N3O6S. The molecule has 4 rings (SSSR count). The molecule has 2 N–H and O–H groups in total. The van der Waals surface area contributed by atoms with Gasteiger partial charge in [0.25, 0.3) is 11.5 Å². The Morgan fingerprint density at radius 1 is 1.12 bits per heavy atom. The summed E-state index contributed by atoms with van der Waals surface area (Å²) in [6, 6.07) is 8.49. The molecule has 0 aliphatic carbocycles. The summed E-state index contributed by atoms with van der Waals surface area (Å²) in [4.78, 5) is 32.2. The molecule has 3 aromatic rings. The molecule has 0 unspecified atom stereocenters. The number of aromatic nitrogens is 2. The van der Waals surface area contributed by atoms with Crippen LogP contribution >= 0.6 is 11.8 Å². The summed E-state index contributed by atoms with van der Waals surface area (Å²) in [7, 11) is 3.05. The van der Waals surface area contributed by atoms with Crippen LogP contribution in [-0.2, 0) is 5.75 Å². The molecule has 174 valence electrons. The van der Waals surface area contributed by atoms with Gasteiger partial charge in [0.05, 0.1) is 44.1 Å². The van der Waals surface area contributed by atoms with Gasteiger partial charge in [-0.15, -0.1) is 0 Å². The molecule has 0 saturated carbocycles. The quantitative estimate of drug-likeness (QED) is 0.483. The van der Waals surface area contributed by atoms with Crippen LogP contribution in [0.25, 0.3) is 10.9 Å². The number of methoxy groups -OCH3 is 2. The van der Waals surface area contributed by atoms with E-state index in [0.29, 0.717) is 76.6 Å². The van der Waals surface area contributed by atoms with Crippen LogP contribution in [-0.4, -0.2) is 55.6 Å². The van der Waals surface area contributed by atoms with Crippen molar-refractivity contribution in [1.82, 2.24) is 15.3 Å². The standard InChI is InChI=1S/C23H25N3O6S/c1-29-18-11-15-16(12-19(18)30-2)25-21(26-23(15)28)13-33-9-6-24-22(27)14-4-5-17-20(10-14)32-8-3-7-31-17/h4-5,10-12H,3,6-9,13H2,1-2H3,(H,24,27)(H,25,26,28). The summed E-state index contributed by atoms with van der Waals surface area (Å²) in [5.74, 6) is 3.78. The first-order valence-corrected chi connectivity index (χ1v) is 11.6. The monoisotopic (exact) mass is 471 g/mol. The first-order valence-electron chi connectivity index (χ1n) is 10.5. The molecule has 2 aromatic carbocycles. The average Bonchev–Trinajstić information content (AvgIpc) is 3.08. The zero-order chi connectivity index (χ0) is 23.2. The molecule has 1 aliphatic rings. The molecule has 1 aromatic heterocycles. The van der Waals surface area contributed by atoms with E-state index in [9.17, 15) is 9.59 Å². The van der Waals surface area contributed by atoms with Crippen LogP contribution in [0.3, 0.4) is 0 Å². The molecular weight excluding hydrogens is 446 g/mol. The smallest absolute Gasteiger partial charge is 0.258 e. The Hall–Kier alpha value is -3.40. The highest BCUT2D eigenvalue weighted by Gasteiger charge is 2.14. The molecule has 2 heterocycles. The van der Waals surface area contributed by atoms with E-state index in [4.69, 9.17) is 18.9 Å². The fraction of sp³-hybridized carbons (Fsp3) is 0.348. The van der Waals surface area contributed by atoms with E-state index in [-0.39, 0.29) is 11.5 Å². The largest absolute Gasteiger partial charge is 0.493 e. The van der Waals surface area contributed by atoms with Crippen molar-refractivity contribution >= 4 is 28.6 Å². The molecule has 0 fully saturated rings. The molecule has 0 spiro atoms. The molecule has 33 heavy (non-hydrogen) atoms. The number of amides is 1. The lowest BCUT2D eigenvalue weighted by molar-refractivity contribution is 0.0955. The van der Waals surface area contributed by atoms with Gasteiger partial charge in [0.15, 0.2) is 23.0 Å². The topological polar surface area (TPSA) is 112 Å². The number of carbonyl (C=O) groups is 1. The number of nitrogens with one attached hydrogen (secondary N) is 2. The van der Waals surface area contributed by atoms with E-state index >= 15 is 0 Å². The second kappa shape index (κ2) is 10.5. The van der Waals surface area contributed by atoms with Crippen LogP contribution in [0.2, 0.25) is 0 Å². The maximum absolute atomic E-state index is 12.5. The fourth-order valence-electron chi connectivity index (χ4n) is 3.39. The number of carbonyl (C=O) groups excluding carboxylic acids is 1. The lowest BCUT2D eigenvalue weighted by Gasteiger charge is -2.10. The van der Waals surface area contributed by atoms with Gasteiger partial charge < -0.3 is 29.2 Å². The van der Waals surface area contributed by atoms with Crippen LogP contribution in [0.1, 0.15) is 22.6 Å². The molecule has 0 radical (unpaired) electrons. The van der Waals surface area contributed by atoms with Crippen molar-refractivity contribution < 1.29 is 23.7 Å². The third-order valence-corrected chi connectivity index (χ3v) is 6.01. The van der Waals surface area contributed by atoms with E-state index < -0.39 is 0 Å². The second-order valence-electron chi connectivity index (χ2n) is 7.26. The van der Waals surface area contributed by atoms with Crippen LogP contribution in [0.4, 0.5) is 0 Å². The Kier molecular flexibility index (Phi) is 7.23. The predicted octanol–water partition coefficient (Wildman–Crippen LogP) is 2.76. The number of ether oxygens (including phenoxy) is 4. The highest BCUT2D eigenvalue weighted by Crippen LogP contribution is 2.31. The van der Waals surface area contributed by atoms with Crippen molar-refractivity contribution in [3.63, 3.8) is 0 Å². The van der Waals surface area contributed by atoms with Crippen LogP contribution in [0, 0.1) is 0 Å². The summed E-state index contributed by atoms with van der Waals surface area (Å²) < 4.78 is 21.8. The number of fused-ring (bicyclic) bond motifs is 2. The fourth-order valence-corrected chi connectivity index (χ4v) is 4.12. The number of benzene rings is 2. The Balaban J connectivity index is 1.31. The minimum atomic E-state index is -0.237. The van der Waals surface area contributed by atoms with Crippen molar-refractivity contribution in [1.29, 1.82) is 0 Å². The van der Waals surface area contributed by atoms with Gasteiger partial charge in [0.2, 0.25) is 0 Å². The van der Waals surface area contributed by atoms with Gasteiger partial charge >= 0.3 is 0 Å². The van der Waals surface area contributed by atoms with Crippen molar-refractivity contribution in [3.05, 3.63) is 52.1 Å². The third kappa shape index (κ3) is 5.33. The maximum atomic E-state index is 12.5. The molecule has 0 saturated heterocycles. The summed E-state index contributed by atoms with van der Waals surface area (Å²) in [5.41, 5.74) is 0.822. The van der Waals surface area contributed by atoms with Crippen molar-refractivity contribution in [2.24, 2.45) is 0 Å². The van der Waals surface area contributed by atoms with Gasteiger partial charge in [-0.2, -0.15) is 11.8 Å². The number of rotatable bonds is 8. The van der Waals surface area contributed by atoms with Crippen LogP contribution < -0.4 is 29.8 Å². The lowest BCUT2D eigenvalue weighted by Crippen LogP contribution is -2.25. The average molecular weight is 472 g/mol. The minimum absolute atomic E-state index is 0.176. The number of hydrogen-bond acceptors (Lipinski definition) is 8. The Bertz CT molecular complexity index is 1210. The molecule has 0 atom stereocenters. The van der Waals surface area contributed by atoms with Crippen molar-refractivity contribution in [2.75, 3.05) is 39.7 Å². The number of thioether (sulfide) groups is 1. The van der Waals surface area contributed by atoms with E-state index in [1.807, 2.05) is 0 Å². The van der Waals surface area contributed by atoms with Gasteiger partial charge in [0, 0.05) is 30.3 Å². The zero-order valence-corrected chi connectivity index (χ0v) is 19.3. The predicted molar refractivity (Wildman–Crippen MR) is 126 cm³/mol. The second-order valence-corrected chi connectivity index (χ2v) is 8.36. The maximum Gasteiger partial charge on any atom is 0.258 e.